The van der Waals surface area contributed by atoms with Crippen molar-refractivity contribution in [3.8, 4) is 0 Å². The SMILES string of the molecule is NS(=O)(=O)OC[C@H]1C[C@@H](Nc2ncncc2C(=O)Cc2ccn(CC3CC3c3ccccc3)c2)C[C@@H]1O. The molecule has 2 heterocycles. The Morgan fingerprint density at radius 1 is 1.16 bits per heavy atom. The predicted molar refractivity (Wildman–Crippen MR) is 137 cm³/mol. The summed E-state index contributed by atoms with van der Waals surface area (Å²) >= 11 is 0. The Hall–Kier alpha value is -3.12. The zero-order valence-corrected chi connectivity index (χ0v) is 21.1. The quantitative estimate of drug-likeness (QED) is 0.323. The van der Waals surface area contributed by atoms with E-state index in [4.69, 9.17) is 5.14 Å². The van der Waals surface area contributed by atoms with Crippen LogP contribution in [0.25, 0.3) is 0 Å². The lowest BCUT2D eigenvalue weighted by Gasteiger charge is -2.15. The van der Waals surface area contributed by atoms with Gasteiger partial charge in [0.15, 0.2) is 5.78 Å². The van der Waals surface area contributed by atoms with Crippen LogP contribution in [0.4, 0.5) is 5.82 Å². The maximum Gasteiger partial charge on any atom is 0.333 e. The number of aliphatic hydroxyl groups excluding tert-OH is 1. The van der Waals surface area contributed by atoms with Crippen molar-refractivity contribution < 1.29 is 22.5 Å². The summed E-state index contributed by atoms with van der Waals surface area (Å²) in [5.74, 6) is 1.10. The molecular weight excluding hydrogens is 494 g/mol. The summed E-state index contributed by atoms with van der Waals surface area (Å²) in [6.07, 6.45) is 8.36. The number of nitrogens with one attached hydrogen (secondary N) is 1. The van der Waals surface area contributed by atoms with Crippen molar-refractivity contribution in [1.82, 2.24) is 14.5 Å². The van der Waals surface area contributed by atoms with Gasteiger partial charge in [-0.2, -0.15) is 8.42 Å². The van der Waals surface area contributed by atoms with Crippen LogP contribution < -0.4 is 10.5 Å². The van der Waals surface area contributed by atoms with Crippen LogP contribution in [0.3, 0.4) is 0 Å². The molecule has 0 bridgehead atoms. The molecule has 2 aliphatic carbocycles. The molecule has 0 saturated heterocycles. The van der Waals surface area contributed by atoms with Gasteiger partial charge in [0.05, 0.1) is 18.3 Å². The molecular formula is C26H31N5O5S. The zero-order chi connectivity index (χ0) is 26.0. The smallest absolute Gasteiger partial charge is 0.333 e. The Kier molecular flexibility index (Phi) is 7.38. The number of hydrogen-bond acceptors (Lipinski definition) is 8. The summed E-state index contributed by atoms with van der Waals surface area (Å²) in [6, 6.07) is 12.3. The second kappa shape index (κ2) is 10.7. The molecule has 1 aromatic carbocycles. The minimum absolute atomic E-state index is 0.109. The average molecular weight is 526 g/mol. The number of carbonyl (C=O) groups is 1. The van der Waals surface area contributed by atoms with Crippen LogP contribution in [0.2, 0.25) is 0 Å². The van der Waals surface area contributed by atoms with Crippen molar-refractivity contribution in [2.24, 2.45) is 17.0 Å². The zero-order valence-electron chi connectivity index (χ0n) is 20.3. The summed E-state index contributed by atoms with van der Waals surface area (Å²) < 4.78 is 28.9. The maximum atomic E-state index is 13.2. The summed E-state index contributed by atoms with van der Waals surface area (Å²) in [4.78, 5) is 21.4. The van der Waals surface area contributed by atoms with Gasteiger partial charge in [0.2, 0.25) is 0 Å². The highest BCUT2D eigenvalue weighted by atomic mass is 32.2. The fraction of sp³-hybridized carbons (Fsp3) is 0.423. The number of aromatic nitrogens is 3. The minimum atomic E-state index is -4.07. The van der Waals surface area contributed by atoms with Crippen molar-refractivity contribution in [3.05, 3.63) is 78.0 Å². The highest BCUT2D eigenvalue weighted by Crippen LogP contribution is 2.48. The fourth-order valence-electron chi connectivity index (χ4n) is 5.24. The van der Waals surface area contributed by atoms with Gasteiger partial charge >= 0.3 is 10.3 Å². The van der Waals surface area contributed by atoms with Gasteiger partial charge in [0.1, 0.15) is 12.1 Å². The van der Waals surface area contributed by atoms with Gasteiger partial charge in [0, 0.05) is 43.5 Å². The molecule has 37 heavy (non-hydrogen) atoms. The van der Waals surface area contributed by atoms with Gasteiger partial charge in [-0.15, -0.1) is 0 Å². The largest absolute Gasteiger partial charge is 0.393 e. The molecule has 5 atom stereocenters. The monoisotopic (exact) mass is 525 g/mol. The van der Waals surface area contributed by atoms with Crippen molar-refractivity contribution >= 4 is 21.9 Å². The van der Waals surface area contributed by atoms with Crippen LogP contribution in [0.15, 0.2) is 61.3 Å². The van der Waals surface area contributed by atoms with Crippen LogP contribution in [0.5, 0.6) is 0 Å². The Morgan fingerprint density at radius 3 is 2.76 bits per heavy atom. The summed E-state index contributed by atoms with van der Waals surface area (Å²) in [7, 11) is -4.07. The molecule has 11 heteroatoms. The van der Waals surface area contributed by atoms with E-state index in [1.807, 2.05) is 24.5 Å². The number of carbonyl (C=O) groups excluding carboxylic acids is 1. The Bertz CT molecular complexity index is 1350. The second-order valence-corrected chi connectivity index (χ2v) is 11.3. The van der Waals surface area contributed by atoms with E-state index in [1.165, 1.54) is 24.5 Å². The molecule has 2 unspecified atom stereocenters. The normalized spacial score (nSPS) is 25.2. The van der Waals surface area contributed by atoms with Gasteiger partial charge in [-0.25, -0.2) is 15.1 Å². The first kappa shape index (κ1) is 25.5. The van der Waals surface area contributed by atoms with Gasteiger partial charge in [-0.3, -0.25) is 8.98 Å². The lowest BCUT2D eigenvalue weighted by Crippen LogP contribution is -2.24. The topological polar surface area (TPSA) is 149 Å². The molecule has 3 aromatic rings. The summed E-state index contributed by atoms with van der Waals surface area (Å²) in [6.45, 7) is 0.729. The van der Waals surface area contributed by atoms with Crippen LogP contribution >= 0.6 is 0 Å². The highest BCUT2D eigenvalue weighted by Gasteiger charge is 2.38. The molecule has 2 aromatic heterocycles. The molecule has 2 saturated carbocycles. The van der Waals surface area contributed by atoms with Gasteiger partial charge in [-0.05, 0) is 48.3 Å². The number of Topliss-reactive ketones (excluding diaryl/α,β-unsaturated/α-hetero) is 1. The lowest BCUT2D eigenvalue weighted by molar-refractivity contribution is 0.0991. The van der Waals surface area contributed by atoms with Crippen molar-refractivity contribution in [2.45, 2.75) is 50.3 Å². The average Bonchev–Trinajstić information content (AvgIpc) is 3.34. The van der Waals surface area contributed by atoms with Crippen LogP contribution in [0, 0.1) is 11.8 Å². The number of ketones is 1. The van der Waals surface area contributed by atoms with E-state index in [-0.39, 0.29) is 24.9 Å². The molecule has 10 nitrogen and oxygen atoms in total. The third-order valence-electron chi connectivity index (χ3n) is 7.23. The number of nitrogens with two attached hydrogens (primary N) is 1. The molecule has 0 spiro atoms. The van der Waals surface area contributed by atoms with E-state index in [0.29, 0.717) is 36.1 Å². The van der Waals surface area contributed by atoms with Crippen LogP contribution in [-0.4, -0.2) is 52.6 Å². The van der Waals surface area contributed by atoms with E-state index in [2.05, 4.69) is 48.3 Å². The number of hydrogen-bond donors (Lipinski definition) is 3. The van der Waals surface area contributed by atoms with E-state index in [1.54, 1.807) is 0 Å². The fourth-order valence-corrected chi connectivity index (χ4v) is 5.61. The van der Waals surface area contributed by atoms with Gasteiger partial charge in [-0.1, -0.05) is 30.3 Å². The molecule has 0 aliphatic heterocycles. The maximum absolute atomic E-state index is 13.2. The molecule has 5 rings (SSSR count). The highest BCUT2D eigenvalue weighted by molar-refractivity contribution is 7.84. The third-order valence-corrected chi connectivity index (χ3v) is 7.69. The number of benzene rings is 1. The second-order valence-electron chi connectivity index (χ2n) is 10.0. The summed E-state index contributed by atoms with van der Waals surface area (Å²) in [5, 5.41) is 18.4. The molecule has 196 valence electrons. The number of rotatable bonds is 11. The molecule has 2 aliphatic rings. The van der Waals surface area contributed by atoms with Crippen molar-refractivity contribution in [2.75, 3.05) is 11.9 Å². The van der Waals surface area contributed by atoms with Crippen molar-refractivity contribution in [1.29, 1.82) is 0 Å². The van der Waals surface area contributed by atoms with Gasteiger partial charge < -0.3 is 15.0 Å². The molecule has 4 N–H and O–H groups in total. The third kappa shape index (κ3) is 6.61. The van der Waals surface area contributed by atoms with E-state index >= 15 is 0 Å². The number of anilines is 1. The van der Waals surface area contributed by atoms with E-state index in [0.717, 1.165) is 12.1 Å². The molecule has 0 amide bonds. The first-order valence-electron chi connectivity index (χ1n) is 12.4. The van der Waals surface area contributed by atoms with E-state index < -0.39 is 22.3 Å². The van der Waals surface area contributed by atoms with Crippen molar-refractivity contribution in [3.63, 3.8) is 0 Å². The lowest BCUT2D eigenvalue weighted by atomic mass is 10.1. The number of aliphatic hydroxyl groups is 1. The minimum Gasteiger partial charge on any atom is -0.393 e. The first-order valence-corrected chi connectivity index (χ1v) is 13.9. The standard InChI is InChI=1S/C26H31N5O5S/c27-37(34,35)36-15-20-9-21(11-24(20)32)30-26-23(12-28-16-29-26)25(33)8-17-6-7-31(13-17)14-19-10-22(19)18-4-2-1-3-5-18/h1-7,12-13,16,19-22,24,32H,8-11,14-15H2,(H2,27,34,35)(H,28,29,30)/t19?,20-,21-,22?,24+/m1/s1. The molecule has 2 fully saturated rings. The Balaban J connectivity index is 1.17. The first-order chi connectivity index (χ1) is 17.7. The Labute approximate surface area is 216 Å². The van der Waals surface area contributed by atoms with Crippen LogP contribution in [-0.2, 0) is 27.5 Å². The Morgan fingerprint density at radius 2 is 1.97 bits per heavy atom. The predicted octanol–water partition coefficient (Wildman–Crippen LogP) is 2.28. The molecule has 0 radical (unpaired) electrons. The van der Waals surface area contributed by atoms with Crippen LogP contribution in [0.1, 0.15) is 46.7 Å². The summed E-state index contributed by atoms with van der Waals surface area (Å²) in [5.41, 5.74) is 2.69. The van der Waals surface area contributed by atoms with Gasteiger partial charge in [0.25, 0.3) is 0 Å². The number of nitrogens with zero attached hydrogens (tertiary/aromatic N) is 3. The van der Waals surface area contributed by atoms with E-state index in [9.17, 15) is 18.3 Å².